The van der Waals surface area contributed by atoms with Crippen LogP contribution in [0.2, 0.25) is 0 Å². The van der Waals surface area contributed by atoms with Crippen molar-refractivity contribution in [1.29, 1.82) is 0 Å². The number of hydrogen-bond acceptors (Lipinski definition) is 3. The van der Waals surface area contributed by atoms with Crippen molar-refractivity contribution >= 4 is 9.84 Å². The summed E-state index contributed by atoms with van der Waals surface area (Å²) in [5.74, 6) is 0.213. The summed E-state index contributed by atoms with van der Waals surface area (Å²) in [7, 11) is -2.90. The summed E-state index contributed by atoms with van der Waals surface area (Å²) < 4.78 is 22.4. The summed E-state index contributed by atoms with van der Waals surface area (Å²) in [6.07, 6.45) is 7.43. The molecule has 0 heterocycles. The average molecular weight is 295 g/mol. The molecule has 0 aliphatic heterocycles. The molecule has 2 N–H and O–H groups in total. The molecular weight excluding hydrogens is 270 g/mol. The van der Waals surface area contributed by atoms with Gasteiger partial charge in [-0.25, -0.2) is 8.42 Å². The van der Waals surface area contributed by atoms with E-state index in [0.29, 0.717) is 12.8 Å². The second-order valence-corrected chi connectivity index (χ2v) is 8.60. The minimum Gasteiger partial charge on any atom is -0.322 e. The molecule has 1 unspecified atom stereocenters. The Morgan fingerprint density at radius 2 is 1.85 bits per heavy atom. The van der Waals surface area contributed by atoms with Crippen LogP contribution in [0.15, 0.2) is 18.2 Å². The Morgan fingerprint density at radius 3 is 2.50 bits per heavy atom. The zero-order valence-corrected chi connectivity index (χ0v) is 13.3. The van der Waals surface area contributed by atoms with Crippen LogP contribution in [-0.4, -0.2) is 20.4 Å². The summed E-state index contributed by atoms with van der Waals surface area (Å²) in [6.45, 7) is 2.00. The van der Waals surface area contributed by atoms with Gasteiger partial charge in [0.15, 0.2) is 0 Å². The Hall–Kier alpha value is -0.870. The zero-order valence-electron chi connectivity index (χ0n) is 12.5. The van der Waals surface area contributed by atoms with Crippen molar-refractivity contribution in [2.24, 2.45) is 5.73 Å². The third-order valence-electron chi connectivity index (χ3n) is 4.22. The first-order chi connectivity index (χ1) is 9.28. The van der Waals surface area contributed by atoms with E-state index in [2.05, 4.69) is 18.2 Å². The lowest BCUT2D eigenvalue weighted by Crippen LogP contribution is -2.33. The van der Waals surface area contributed by atoms with Gasteiger partial charge < -0.3 is 5.73 Å². The minimum atomic E-state index is -2.90. The first-order valence-corrected chi connectivity index (χ1v) is 9.43. The van der Waals surface area contributed by atoms with Crippen molar-refractivity contribution in [2.45, 2.75) is 51.0 Å². The van der Waals surface area contributed by atoms with Crippen molar-refractivity contribution in [3.8, 4) is 0 Å². The number of sulfone groups is 1. The molecule has 20 heavy (non-hydrogen) atoms. The van der Waals surface area contributed by atoms with E-state index in [-0.39, 0.29) is 5.75 Å². The van der Waals surface area contributed by atoms with Crippen LogP contribution in [0.25, 0.3) is 0 Å². The summed E-state index contributed by atoms with van der Waals surface area (Å²) in [5.41, 5.74) is 9.97. The van der Waals surface area contributed by atoms with E-state index in [1.54, 1.807) is 0 Å². The molecule has 3 nitrogen and oxygen atoms in total. The molecule has 0 saturated carbocycles. The Labute approximate surface area is 122 Å². The van der Waals surface area contributed by atoms with Crippen LogP contribution in [0.5, 0.6) is 0 Å². The SMILES string of the molecule is CC(N)(CCCS(C)(=O)=O)c1ccc2c(c1)CCCC2. The number of benzene rings is 1. The number of hydrogen-bond donors (Lipinski definition) is 1. The summed E-state index contributed by atoms with van der Waals surface area (Å²) >= 11 is 0. The van der Waals surface area contributed by atoms with E-state index in [1.807, 2.05) is 6.92 Å². The highest BCUT2D eigenvalue weighted by molar-refractivity contribution is 7.90. The average Bonchev–Trinajstić information content (AvgIpc) is 2.36. The first kappa shape index (κ1) is 15.5. The highest BCUT2D eigenvalue weighted by Crippen LogP contribution is 2.29. The van der Waals surface area contributed by atoms with Crippen molar-refractivity contribution in [3.05, 3.63) is 34.9 Å². The van der Waals surface area contributed by atoms with Gasteiger partial charge in [-0.3, -0.25) is 0 Å². The molecule has 0 amide bonds. The lowest BCUT2D eigenvalue weighted by atomic mass is 9.83. The second-order valence-electron chi connectivity index (χ2n) is 6.34. The minimum absolute atomic E-state index is 0.213. The normalized spacial score (nSPS) is 18.4. The van der Waals surface area contributed by atoms with Gasteiger partial charge in [0.25, 0.3) is 0 Å². The summed E-state index contributed by atoms with van der Waals surface area (Å²) in [6, 6.07) is 6.55. The number of rotatable bonds is 5. The van der Waals surface area contributed by atoms with Crippen molar-refractivity contribution in [2.75, 3.05) is 12.0 Å². The van der Waals surface area contributed by atoms with Gasteiger partial charge >= 0.3 is 0 Å². The van der Waals surface area contributed by atoms with Crippen molar-refractivity contribution in [3.63, 3.8) is 0 Å². The van der Waals surface area contributed by atoms with Gasteiger partial charge in [-0.1, -0.05) is 18.2 Å². The maximum absolute atomic E-state index is 11.2. The predicted octanol–water partition coefficient (Wildman–Crippen LogP) is 2.56. The molecule has 0 fully saturated rings. The predicted molar refractivity (Wildman–Crippen MR) is 83.6 cm³/mol. The first-order valence-electron chi connectivity index (χ1n) is 7.37. The molecule has 1 aromatic carbocycles. The molecule has 112 valence electrons. The fourth-order valence-electron chi connectivity index (χ4n) is 2.93. The topological polar surface area (TPSA) is 60.2 Å². The van der Waals surface area contributed by atoms with Crippen LogP contribution in [0, 0.1) is 0 Å². The summed E-state index contributed by atoms with van der Waals surface area (Å²) in [4.78, 5) is 0. The van der Waals surface area contributed by atoms with Gasteiger partial charge in [-0.05, 0) is 62.1 Å². The van der Waals surface area contributed by atoms with Crippen LogP contribution in [0.4, 0.5) is 0 Å². The second kappa shape index (κ2) is 5.86. The Kier molecular flexibility index (Phi) is 4.55. The fraction of sp³-hybridized carbons (Fsp3) is 0.625. The molecular formula is C16H25NO2S. The fourth-order valence-corrected chi connectivity index (χ4v) is 3.60. The van der Waals surface area contributed by atoms with E-state index in [4.69, 9.17) is 5.73 Å². The van der Waals surface area contributed by atoms with Crippen LogP contribution in [-0.2, 0) is 28.2 Å². The van der Waals surface area contributed by atoms with Crippen molar-refractivity contribution in [1.82, 2.24) is 0 Å². The molecule has 0 radical (unpaired) electrons. The lowest BCUT2D eigenvalue weighted by molar-refractivity contribution is 0.445. The summed E-state index contributed by atoms with van der Waals surface area (Å²) in [5, 5.41) is 0. The molecule has 1 aliphatic rings. The van der Waals surface area contributed by atoms with Gasteiger partial charge in [0.05, 0.1) is 0 Å². The Balaban J connectivity index is 2.08. The van der Waals surface area contributed by atoms with Crippen LogP contribution in [0.3, 0.4) is 0 Å². The maximum Gasteiger partial charge on any atom is 0.147 e. The third-order valence-corrected chi connectivity index (χ3v) is 5.25. The van der Waals surface area contributed by atoms with Gasteiger partial charge in [0.1, 0.15) is 9.84 Å². The molecule has 4 heteroatoms. The zero-order chi connectivity index (χ0) is 14.8. The van der Waals surface area contributed by atoms with E-state index in [9.17, 15) is 8.42 Å². The molecule has 0 saturated heterocycles. The smallest absolute Gasteiger partial charge is 0.147 e. The number of nitrogens with two attached hydrogens (primary N) is 1. The van der Waals surface area contributed by atoms with Gasteiger partial charge in [-0.15, -0.1) is 0 Å². The largest absolute Gasteiger partial charge is 0.322 e. The highest BCUT2D eigenvalue weighted by Gasteiger charge is 2.23. The van der Waals surface area contributed by atoms with Crippen LogP contribution < -0.4 is 5.73 Å². The maximum atomic E-state index is 11.2. The third kappa shape index (κ3) is 4.06. The Bertz CT molecular complexity index is 576. The highest BCUT2D eigenvalue weighted by atomic mass is 32.2. The molecule has 1 atom stereocenters. The van der Waals surface area contributed by atoms with E-state index in [1.165, 1.54) is 36.6 Å². The molecule has 0 aromatic heterocycles. The molecule has 2 rings (SSSR count). The van der Waals surface area contributed by atoms with Gasteiger partial charge in [0, 0.05) is 17.5 Å². The molecule has 0 bridgehead atoms. The Morgan fingerprint density at radius 1 is 1.20 bits per heavy atom. The molecule has 1 aromatic rings. The van der Waals surface area contributed by atoms with Crippen LogP contribution >= 0.6 is 0 Å². The van der Waals surface area contributed by atoms with Crippen molar-refractivity contribution < 1.29 is 8.42 Å². The van der Waals surface area contributed by atoms with E-state index < -0.39 is 15.4 Å². The van der Waals surface area contributed by atoms with E-state index in [0.717, 1.165) is 12.0 Å². The molecule has 0 spiro atoms. The monoisotopic (exact) mass is 295 g/mol. The van der Waals surface area contributed by atoms with Gasteiger partial charge in [-0.2, -0.15) is 0 Å². The quantitative estimate of drug-likeness (QED) is 0.908. The lowest BCUT2D eigenvalue weighted by Gasteiger charge is -2.27. The number of aryl methyl sites for hydroxylation is 2. The molecule has 1 aliphatic carbocycles. The van der Waals surface area contributed by atoms with Crippen LogP contribution in [0.1, 0.15) is 49.3 Å². The standard InChI is InChI=1S/C16H25NO2S/c1-16(17,10-5-11-20(2,18)19)15-9-8-13-6-3-4-7-14(13)12-15/h8-9,12H,3-7,10-11,17H2,1-2H3. The van der Waals surface area contributed by atoms with Gasteiger partial charge in [0.2, 0.25) is 0 Å². The number of fused-ring (bicyclic) bond motifs is 1. The van der Waals surface area contributed by atoms with E-state index >= 15 is 0 Å².